The number of hydrogen-bond acceptors (Lipinski definition) is 4. The lowest BCUT2D eigenvalue weighted by molar-refractivity contribution is -0.0199. The number of rotatable bonds is 3. The molecule has 1 aromatic heterocycles. The quantitative estimate of drug-likeness (QED) is 0.811. The topological polar surface area (TPSA) is 57.0 Å². The second kappa shape index (κ2) is 4.73. The summed E-state index contributed by atoms with van der Waals surface area (Å²) in [7, 11) is 0. The van der Waals surface area contributed by atoms with Crippen molar-refractivity contribution in [2.24, 2.45) is 5.92 Å². The number of aromatic nitrogens is 3. The summed E-state index contributed by atoms with van der Waals surface area (Å²) in [5, 5.41) is 4.26. The molecule has 1 aromatic carbocycles. The average molecular weight is 287 g/mol. The largest absolute Gasteiger partial charge is 0.380 e. The Morgan fingerprint density at radius 2 is 2.05 bits per heavy atom. The molecule has 2 aliphatic rings. The van der Waals surface area contributed by atoms with Crippen LogP contribution in [0.1, 0.15) is 40.6 Å². The third-order valence-electron chi connectivity index (χ3n) is 4.08. The van der Waals surface area contributed by atoms with E-state index in [1.807, 2.05) is 30.3 Å². The Hall–Kier alpha value is -2.08. The van der Waals surface area contributed by atoms with Crippen LogP contribution in [0.2, 0.25) is 0 Å². The first-order valence-electron chi connectivity index (χ1n) is 7.01. The maximum Gasteiger partial charge on any atom is 0.218 e. The van der Waals surface area contributed by atoms with Crippen LogP contribution in [0.3, 0.4) is 0 Å². The lowest BCUT2D eigenvalue weighted by atomic mass is 10.0. The molecule has 0 amide bonds. The number of carbonyl (C=O) groups excluding carboxylic acids is 1. The lowest BCUT2D eigenvalue weighted by Gasteiger charge is -2.23. The summed E-state index contributed by atoms with van der Waals surface area (Å²) in [4.78, 5) is 16.3. The van der Waals surface area contributed by atoms with E-state index in [0.29, 0.717) is 19.6 Å². The normalized spacial score (nSPS) is 24.6. The van der Waals surface area contributed by atoms with E-state index in [-0.39, 0.29) is 29.4 Å². The van der Waals surface area contributed by atoms with Crippen molar-refractivity contribution in [3.63, 3.8) is 0 Å². The fraction of sp³-hybridized carbons (Fsp3) is 0.400. The van der Waals surface area contributed by atoms with Crippen LogP contribution >= 0.6 is 0 Å². The first-order chi connectivity index (χ1) is 10.2. The van der Waals surface area contributed by atoms with Crippen LogP contribution < -0.4 is 0 Å². The van der Waals surface area contributed by atoms with Gasteiger partial charge in [0.1, 0.15) is 0 Å². The van der Waals surface area contributed by atoms with E-state index in [2.05, 4.69) is 10.1 Å². The predicted octanol–water partition coefficient (Wildman–Crippen LogP) is 2.11. The van der Waals surface area contributed by atoms with Gasteiger partial charge in [-0.2, -0.15) is 0 Å². The van der Waals surface area contributed by atoms with Crippen molar-refractivity contribution in [2.45, 2.75) is 18.6 Å². The Balaban J connectivity index is 1.69. The first-order valence-corrected chi connectivity index (χ1v) is 7.01. The van der Waals surface area contributed by atoms with Gasteiger partial charge in [-0.25, -0.2) is 14.1 Å². The van der Waals surface area contributed by atoms with Gasteiger partial charge in [-0.3, -0.25) is 4.79 Å². The van der Waals surface area contributed by atoms with Crippen LogP contribution in [-0.2, 0) is 4.74 Å². The number of benzene rings is 1. The van der Waals surface area contributed by atoms with Gasteiger partial charge in [0, 0.05) is 6.42 Å². The Labute approximate surface area is 120 Å². The molecule has 108 valence electrons. The molecule has 0 saturated carbocycles. The van der Waals surface area contributed by atoms with E-state index in [1.165, 1.54) is 0 Å². The van der Waals surface area contributed by atoms with E-state index < -0.39 is 6.17 Å². The summed E-state index contributed by atoms with van der Waals surface area (Å²) in [6.07, 6.45) is -0.859. The van der Waals surface area contributed by atoms with E-state index >= 15 is 0 Å². The van der Waals surface area contributed by atoms with Crippen molar-refractivity contribution in [3.05, 3.63) is 47.5 Å². The molecule has 0 bridgehead atoms. The summed E-state index contributed by atoms with van der Waals surface area (Å²) >= 11 is 0. The Morgan fingerprint density at radius 3 is 2.71 bits per heavy atom. The van der Waals surface area contributed by atoms with E-state index in [4.69, 9.17) is 4.74 Å². The van der Waals surface area contributed by atoms with Crippen LogP contribution in [0.5, 0.6) is 0 Å². The maximum absolute atomic E-state index is 14.2. The second-order valence-electron chi connectivity index (χ2n) is 5.47. The monoisotopic (exact) mass is 287 g/mol. The number of fused-ring (bicyclic) bond motifs is 1. The lowest BCUT2D eigenvalue weighted by Crippen LogP contribution is -2.35. The molecule has 6 heteroatoms. The second-order valence-corrected chi connectivity index (χ2v) is 5.47. The van der Waals surface area contributed by atoms with Gasteiger partial charge in [0.15, 0.2) is 12.0 Å². The van der Waals surface area contributed by atoms with Gasteiger partial charge in [-0.15, -0.1) is 5.10 Å². The fourth-order valence-corrected chi connectivity index (χ4v) is 2.81. The first kappa shape index (κ1) is 12.6. The number of alkyl halides is 1. The molecule has 4 rings (SSSR count). The van der Waals surface area contributed by atoms with Gasteiger partial charge in [-0.05, 0) is 5.56 Å². The molecule has 5 nitrogen and oxygen atoms in total. The molecule has 1 saturated heterocycles. The standard InChI is InChI=1S/C15H14FN3O2/c16-11-6-12(9-4-2-1-3-5-9)19-15(11)17-14(18-19)13(20)10-7-21-8-10/h1-5,10-12H,6-8H2/t11-,12-/m0/s1. The van der Waals surface area contributed by atoms with Crippen LogP contribution in [0.15, 0.2) is 30.3 Å². The smallest absolute Gasteiger partial charge is 0.218 e. The van der Waals surface area contributed by atoms with Gasteiger partial charge in [0.2, 0.25) is 11.6 Å². The third kappa shape index (κ3) is 1.98. The number of Topliss-reactive ketones (excluding diaryl/α,β-unsaturated/α-hetero) is 1. The molecule has 0 N–H and O–H groups in total. The summed E-state index contributed by atoms with van der Waals surface area (Å²) in [5.74, 6) is 0.0394. The molecule has 21 heavy (non-hydrogen) atoms. The molecule has 0 radical (unpaired) electrons. The molecular formula is C15H14FN3O2. The molecule has 2 aliphatic heterocycles. The van der Waals surface area contributed by atoms with Crippen molar-refractivity contribution in [1.29, 1.82) is 0 Å². The number of carbonyl (C=O) groups is 1. The highest BCUT2D eigenvalue weighted by Gasteiger charge is 2.38. The minimum atomic E-state index is -1.18. The number of ether oxygens (including phenoxy) is 1. The number of hydrogen-bond donors (Lipinski definition) is 0. The Kier molecular flexibility index (Phi) is 2.85. The molecular weight excluding hydrogens is 273 g/mol. The Bertz CT molecular complexity index is 681. The van der Waals surface area contributed by atoms with Crippen LogP contribution in [0, 0.1) is 5.92 Å². The molecule has 0 unspecified atom stereocenters. The fourth-order valence-electron chi connectivity index (χ4n) is 2.81. The van der Waals surface area contributed by atoms with Crippen molar-refractivity contribution >= 4 is 5.78 Å². The van der Waals surface area contributed by atoms with E-state index in [0.717, 1.165) is 5.56 Å². The third-order valence-corrected chi connectivity index (χ3v) is 4.08. The van der Waals surface area contributed by atoms with Gasteiger partial charge >= 0.3 is 0 Å². The molecule has 2 aromatic rings. The van der Waals surface area contributed by atoms with Crippen LogP contribution in [-0.4, -0.2) is 33.8 Å². The SMILES string of the molecule is O=C(c1nc2n(n1)[C@H](c1ccccc1)C[C@@H]2F)C1COC1. The van der Waals surface area contributed by atoms with Gasteiger partial charge < -0.3 is 4.74 Å². The van der Waals surface area contributed by atoms with Crippen LogP contribution in [0.25, 0.3) is 0 Å². The summed E-state index contributed by atoms with van der Waals surface area (Å²) in [6, 6.07) is 9.43. The van der Waals surface area contributed by atoms with Crippen LogP contribution in [0.4, 0.5) is 4.39 Å². The summed E-state index contributed by atoms with van der Waals surface area (Å²) < 4.78 is 20.7. The minimum absolute atomic E-state index is 0.113. The molecule has 2 atom stereocenters. The van der Waals surface area contributed by atoms with Crippen molar-refractivity contribution in [3.8, 4) is 0 Å². The number of nitrogens with zero attached hydrogens (tertiary/aromatic N) is 3. The highest BCUT2D eigenvalue weighted by Crippen LogP contribution is 2.39. The van der Waals surface area contributed by atoms with E-state index in [1.54, 1.807) is 4.68 Å². The van der Waals surface area contributed by atoms with Gasteiger partial charge in [0.05, 0.1) is 25.2 Å². The zero-order valence-corrected chi connectivity index (χ0v) is 11.3. The van der Waals surface area contributed by atoms with Crippen molar-refractivity contribution in [1.82, 2.24) is 14.8 Å². The molecule has 0 aliphatic carbocycles. The molecule has 3 heterocycles. The number of halogens is 1. The maximum atomic E-state index is 14.2. The highest BCUT2D eigenvalue weighted by atomic mass is 19.1. The Morgan fingerprint density at radius 1 is 1.29 bits per heavy atom. The zero-order valence-electron chi connectivity index (χ0n) is 11.3. The van der Waals surface area contributed by atoms with Crippen molar-refractivity contribution in [2.75, 3.05) is 13.2 Å². The summed E-state index contributed by atoms with van der Waals surface area (Å²) in [6.45, 7) is 0.813. The highest BCUT2D eigenvalue weighted by molar-refractivity contribution is 5.95. The molecule has 1 fully saturated rings. The average Bonchev–Trinajstić information content (AvgIpc) is 2.99. The van der Waals surface area contributed by atoms with E-state index in [9.17, 15) is 9.18 Å². The zero-order chi connectivity index (χ0) is 14.4. The summed E-state index contributed by atoms with van der Waals surface area (Å²) in [5.41, 5.74) is 0.981. The molecule has 0 spiro atoms. The number of ketones is 1. The minimum Gasteiger partial charge on any atom is -0.380 e. The predicted molar refractivity (Wildman–Crippen MR) is 71.7 cm³/mol. The van der Waals surface area contributed by atoms with Gasteiger partial charge in [-0.1, -0.05) is 30.3 Å². The van der Waals surface area contributed by atoms with Crippen molar-refractivity contribution < 1.29 is 13.9 Å². The van der Waals surface area contributed by atoms with Gasteiger partial charge in [0.25, 0.3) is 0 Å².